The number of allylic oxidation sites excluding steroid dienone is 10. The number of unbranched alkanes of at least 4 members (excludes halogenated alkanes) is 6. The number of carbonyl (C=O) groups excluding carboxylic acids is 1. The molecule has 0 radical (unpaired) electrons. The predicted molar refractivity (Wildman–Crippen MR) is 173 cm³/mol. The van der Waals surface area contributed by atoms with Crippen molar-refractivity contribution >= 4 is 13.8 Å². The molecule has 0 bridgehead atoms. The Morgan fingerprint density at radius 2 is 1.33 bits per heavy atom. The van der Waals surface area contributed by atoms with Crippen molar-refractivity contribution in [1.82, 2.24) is 0 Å². The molecular weight excluding hydrogens is 553 g/mol. The Balaban J connectivity index is 3.99. The Morgan fingerprint density at radius 3 is 1.93 bits per heavy atom. The molecule has 3 N–H and O–H groups in total. The number of nitrogens with two attached hydrogens (primary N) is 1. The summed E-state index contributed by atoms with van der Waals surface area (Å²) in [7, 11) is -4.26. The Morgan fingerprint density at radius 1 is 0.738 bits per heavy atom. The highest BCUT2D eigenvalue weighted by Gasteiger charge is 2.25. The SMILES string of the molecule is CC/C=C\C/C=C\C/C=C\C/C=C\C/C=C\CCCCCCOCC(COP(=O)(O)OCCN)OC(=O)CCCCC. The molecule has 0 spiro atoms. The second kappa shape index (κ2) is 30.7. The van der Waals surface area contributed by atoms with E-state index in [0.29, 0.717) is 13.0 Å². The van der Waals surface area contributed by atoms with E-state index in [1.807, 2.05) is 0 Å². The van der Waals surface area contributed by atoms with Gasteiger partial charge in [0, 0.05) is 19.6 Å². The van der Waals surface area contributed by atoms with Crippen LogP contribution in [0, 0.1) is 0 Å². The van der Waals surface area contributed by atoms with E-state index in [4.69, 9.17) is 24.3 Å². The summed E-state index contributed by atoms with van der Waals surface area (Å²) in [5.74, 6) is -0.369. The van der Waals surface area contributed by atoms with Gasteiger partial charge in [0.2, 0.25) is 0 Å². The number of carbonyl (C=O) groups is 1. The van der Waals surface area contributed by atoms with Crippen molar-refractivity contribution in [2.24, 2.45) is 5.73 Å². The van der Waals surface area contributed by atoms with Gasteiger partial charge in [0.1, 0.15) is 6.10 Å². The summed E-state index contributed by atoms with van der Waals surface area (Å²) >= 11 is 0. The first-order valence-corrected chi connectivity index (χ1v) is 17.3. The van der Waals surface area contributed by atoms with Crippen LogP contribution < -0.4 is 5.73 Å². The normalized spacial score (nSPS) is 14.7. The molecule has 8 nitrogen and oxygen atoms in total. The highest BCUT2D eigenvalue weighted by atomic mass is 31.2. The summed E-state index contributed by atoms with van der Waals surface area (Å²) in [6.45, 7) is 4.52. The molecule has 42 heavy (non-hydrogen) atoms. The van der Waals surface area contributed by atoms with Gasteiger partial charge in [-0.2, -0.15) is 0 Å². The molecule has 0 heterocycles. The topological polar surface area (TPSA) is 117 Å². The first-order valence-electron chi connectivity index (χ1n) is 15.8. The number of ether oxygens (including phenoxy) is 2. The minimum atomic E-state index is -4.26. The molecule has 0 aliphatic rings. The number of esters is 1. The van der Waals surface area contributed by atoms with E-state index in [-0.39, 0.29) is 32.3 Å². The lowest BCUT2D eigenvalue weighted by atomic mass is 10.1. The Labute approximate surface area is 255 Å². The van der Waals surface area contributed by atoms with Gasteiger partial charge in [-0.1, -0.05) is 100 Å². The summed E-state index contributed by atoms with van der Waals surface area (Å²) in [6.07, 6.45) is 34.6. The van der Waals surface area contributed by atoms with Gasteiger partial charge in [-0.25, -0.2) is 4.57 Å². The molecule has 2 unspecified atom stereocenters. The minimum absolute atomic E-state index is 0.0924. The zero-order chi connectivity index (χ0) is 31.0. The Hall–Kier alpha value is -1.80. The fraction of sp³-hybridized carbons (Fsp3) is 0.667. The van der Waals surface area contributed by atoms with E-state index in [1.165, 1.54) is 0 Å². The molecule has 0 aromatic carbocycles. The molecule has 0 saturated heterocycles. The van der Waals surface area contributed by atoms with Gasteiger partial charge in [-0.05, 0) is 57.8 Å². The molecule has 0 rings (SSSR count). The highest BCUT2D eigenvalue weighted by Crippen LogP contribution is 2.43. The van der Waals surface area contributed by atoms with Crippen molar-refractivity contribution in [2.75, 3.05) is 33.0 Å². The van der Waals surface area contributed by atoms with Gasteiger partial charge in [0.15, 0.2) is 0 Å². The van der Waals surface area contributed by atoms with Crippen LogP contribution in [0.1, 0.15) is 104 Å². The molecule has 2 atom stereocenters. The summed E-state index contributed by atoms with van der Waals surface area (Å²) in [5, 5.41) is 0. The second-order valence-electron chi connectivity index (χ2n) is 9.94. The van der Waals surface area contributed by atoms with E-state index in [0.717, 1.165) is 83.5 Å². The quantitative estimate of drug-likeness (QED) is 0.0375. The van der Waals surface area contributed by atoms with Crippen LogP contribution in [-0.2, 0) is 27.9 Å². The second-order valence-corrected chi connectivity index (χ2v) is 11.4. The van der Waals surface area contributed by atoms with Gasteiger partial charge in [0.25, 0.3) is 0 Å². The molecular formula is C33H58NO7P. The van der Waals surface area contributed by atoms with Crippen molar-refractivity contribution in [1.29, 1.82) is 0 Å². The molecule has 0 saturated carbocycles. The lowest BCUT2D eigenvalue weighted by molar-refractivity contribution is -0.154. The molecule has 9 heteroatoms. The van der Waals surface area contributed by atoms with Crippen LogP contribution in [0.3, 0.4) is 0 Å². The van der Waals surface area contributed by atoms with Gasteiger partial charge in [-0.3, -0.25) is 13.8 Å². The number of phosphoric ester groups is 1. The minimum Gasteiger partial charge on any atom is -0.457 e. The van der Waals surface area contributed by atoms with E-state index < -0.39 is 13.9 Å². The molecule has 0 fully saturated rings. The van der Waals surface area contributed by atoms with Crippen LogP contribution in [-0.4, -0.2) is 49.9 Å². The molecule has 0 amide bonds. The summed E-state index contributed by atoms with van der Waals surface area (Å²) in [4.78, 5) is 21.8. The van der Waals surface area contributed by atoms with Gasteiger partial charge < -0.3 is 20.1 Å². The third-order valence-electron chi connectivity index (χ3n) is 5.95. The maximum atomic E-state index is 12.1. The third kappa shape index (κ3) is 29.7. The lowest BCUT2D eigenvalue weighted by Crippen LogP contribution is -2.28. The first kappa shape index (κ1) is 40.2. The number of phosphoric acid groups is 1. The molecule has 0 aromatic heterocycles. The van der Waals surface area contributed by atoms with Crippen molar-refractivity contribution in [3.8, 4) is 0 Å². The van der Waals surface area contributed by atoms with Crippen molar-refractivity contribution in [3.05, 3.63) is 60.8 Å². The smallest absolute Gasteiger partial charge is 0.457 e. The van der Waals surface area contributed by atoms with Crippen LogP contribution >= 0.6 is 7.82 Å². The van der Waals surface area contributed by atoms with E-state index in [2.05, 4.69) is 74.6 Å². The third-order valence-corrected chi connectivity index (χ3v) is 6.93. The maximum absolute atomic E-state index is 12.1. The molecule has 0 aromatic rings. The standard InChI is InChI=1S/C33H58NO7P/c1-3-5-7-8-9-10-11-12-13-14-15-16-17-18-19-20-21-22-23-25-28-38-30-32(41-33(35)26-24-6-4-2)31-40-42(36,37)39-29-27-34/h5,7,9-10,12-13,15-16,18-19,32H,3-4,6,8,11,14,17,20-31,34H2,1-2H3,(H,36,37)/b7-5-,10-9-,13-12-,16-15-,19-18-. The van der Waals surface area contributed by atoms with Crippen LogP contribution in [0.5, 0.6) is 0 Å². The maximum Gasteiger partial charge on any atom is 0.472 e. The monoisotopic (exact) mass is 611 g/mol. The molecule has 0 aliphatic heterocycles. The van der Waals surface area contributed by atoms with Crippen molar-refractivity contribution < 1.29 is 32.8 Å². The van der Waals surface area contributed by atoms with Crippen LogP contribution in [0.2, 0.25) is 0 Å². The van der Waals surface area contributed by atoms with Crippen LogP contribution in [0.4, 0.5) is 0 Å². The lowest BCUT2D eigenvalue weighted by Gasteiger charge is -2.20. The number of rotatable bonds is 29. The Kier molecular flexibility index (Phi) is 29.3. The average molecular weight is 612 g/mol. The predicted octanol–water partition coefficient (Wildman–Crippen LogP) is 8.29. The van der Waals surface area contributed by atoms with Crippen LogP contribution in [0.15, 0.2) is 60.8 Å². The fourth-order valence-electron chi connectivity index (χ4n) is 3.67. The van der Waals surface area contributed by atoms with Crippen LogP contribution in [0.25, 0.3) is 0 Å². The molecule has 242 valence electrons. The van der Waals surface area contributed by atoms with Crippen molar-refractivity contribution in [3.63, 3.8) is 0 Å². The fourth-order valence-corrected chi connectivity index (χ4v) is 4.43. The van der Waals surface area contributed by atoms with E-state index >= 15 is 0 Å². The zero-order valence-corrected chi connectivity index (χ0v) is 27.1. The first-order chi connectivity index (χ1) is 20.4. The molecule has 0 aliphatic carbocycles. The summed E-state index contributed by atoms with van der Waals surface area (Å²) < 4.78 is 32.7. The summed E-state index contributed by atoms with van der Waals surface area (Å²) in [6, 6.07) is 0. The zero-order valence-electron chi connectivity index (χ0n) is 26.2. The number of hydrogen-bond donors (Lipinski definition) is 2. The average Bonchev–Trinajstić information content (AvgIpc) is 2.97. The van der Waals surface area contributed by atoms with Crippen molar-refractivity contribution in [2.45, 2.75) is 110 Å². The van der Waals surface area contributed by atoms with Gasteiger partial charge in [-0.15, -0.1) is 0 Å². The highest BCUT2D eigenvalue weighted by molar-refractivity contribution is 7.47. The van der Waals surface area contributed by atoms with E-state index in [9.17, 15) is 14.3 Å². The van der Waals surface area contributed by atoms with Gasteiger partial charge >= 0.3 is 13.8 Å². The largest absolute Gasteiger partial charge is 0.472 e. The Bertz CT molecular complexity index is 823. The van der Waals surface area contributed by atoms with E-state index in [1.54, 1.807) is 0 Å². The summed E-state index contributed by atoms with van der Waals surface area (Å²) in [5.41, 5.74) is 5.29. The van der Waals surface area contributed by atoms with Gasteiger partial charge in [0.05, 0.1) is 19.8 Å². The number of hydrogen-bond acceptors (Lipinski definition) is 7.